The molecule has 3 N–H and O–H groups in total. The van der Waals surface area contributed by atoms with Gasteiger partial charge in [0, 0.05) is 18.4 Å². The highest BCUT2D eigenvalue weighted by atomic mass is 16.5. The zero-order valence-electron chi connectivity index (χ0n) is 16.7. The van der Waals surface area contributed by atoms with E-state index in [9.17, 15) is 14.8 Å². The van der Waals surface area contributed by atoms with E-state index in [1.165, 1.54) is 0 Å². The first kappa shape index (κ1) is 21.5. The first-order valence-electron chi connectivity index (χ1n) is 9.80. The summed E-state index contributed by atoms with van der Waals surface area (Å²) in [6.07, 6.45) is 0.622. The van der Waals surface area contributed by atoms with E-state index in [-0.39, 0.29) is 25.2 Å². The molecule has 1 atom stereocenters. The molecule has 0 radical (unpaired) electrons. The van der Waals surface area contributed by atoms with Crippen LogP contribution in [0.5, 0.6) is 5.75 Å². The molecule has 9 heteroatoms. The first-order valence-corrected chi connectivity index (χ1v) is 9.80. The predicted octanol–water partition coefficient (Wildman–Crippen LogP) is 1.81. The number of amides is 1. The summed E-state index contributed by atoms with van der Waals surface area (Å²) in [6.45, 7) is 2.42. The second kappa shape index (κ2) is 10.6. The van der Waals surface area contributed by atoms with E-state index in [0.29, 0.717) is 24.1 Å². The molecule has 0 unspecified atom stereocenters. The van der Waals surface area contributed by atoms with Crippen molar-refractivity contribution >= 4 is 13.0 Å². The molecule has 0 saturated heterocycles. The van der Waals surface area contributed by atoms with Gasteiger partial charge >= 0.3 is 7.12 Å². The van der Waals surface area contributed by atoms with Crippen molar-refractivity contribution in [3.63, 3.8) is 0 Å². The lowest BCUT2D eigenvalue weighted by atomic mass is 9.76. The Hall–Kier alpha value is -3.17. The molecule has 156 valence electrons. The smallest absolute Gasteiger partial charge is 0.475 e. The van der Waals surface area contributed by atoms with Gasteiger partial charge in [0.1, 0.15) is 5.75 Å². The summed E-state index contributed by atoms with van der Waals surface area (Å²) in [6, 6.07) is 16.7. The minimum Gasteiger partial charge on any atom is -0.494 e. The Morgan fingerprint density at radius 2 is 2.00 bits per heavy atom. The Morgan fingerprint density at radius 3 is 2.73 bits per heavy atom. The van der Waals surface area contributed by atoms with Crippen LogP contribution in [0.15, 0.2) is 59.1 Å². The molecule has 3 aromatic rings. The number of nitrogens with zero attached hydrogens (tertiary/aromatic N) is 2. The number of ether oxygens (including phenoxy) is 1. The fraction of sp³-hybridized carbons (Fsp3) is 0.286. The van der Waals surface area contributed by atoms with Crippen molar-refractivity contribution in [2.45, 2.75) is 32.1 Å². The second-order valence-electron chi connectivity index (χ2n) is 6.75. The summed E-state index contributed by atoms with van der Waals surface area (Å²) < 4.78 is 10.7. The third-order valence-corrected chi connectivity index (χ3v) is 4.44. The van der Waals surface area contributed by atoms with E-state index in [0.717, 1.165) is 11.1 Å². The number of carbonyl (C=O) groups is 1. The van der Waals surface area contributed by atoms with Crippen LogP contribution in [0.25, 0.3) is 11.5 Å². The Balaban J connectivity index is 1.54. The fourth-order valence-electron chi connectivity index (χ4n) is 2.97. The van der Waals surface area contributed by atoms with Crippen molar-refractivity contribution in [1.82, 2.24) is 15.5 Å². The van der Waals surface area contributed by atoms with Gasteiger partial charge in [-0.2, -0.15) is 4.98 Å². The highest BCUT2D eigenvalue weighted by molar-refractivity contribution is 6.43. The van der Waals surface area contributed by atoms with E-state index in [1.807, 2.05) is 61.5 Å². The lowest BCUT2D eigenvalue weighted by molar-refractivity contribution is -0.121. The number of rotatable bonds is 10. The molecule has 1 heterocycles. The number of aryl methyl sites for hydroxylation is 1. The molecule has 0 saturated carbocycles. The summed E-state index contributed by atoms with van der Waals surface area (Å²) in [5, 5.41) is 25.9. The first-order chi connectivity index (χ1) is 14.5. The Morgan fingerprint density at radius 1 is 1.20 bits per heavy atom. The summed E-state index contributed by atoms with van der Waals surface area (Å²) in [4.78, 5) is 16.6. The number of benzene rings is 2. The van der Waals surface area contributed by atoms with E-state index in [2.05, 4.69) is 15.5 Å². The van der Waals surface area contributed by atoms with Crippen molar-refractivity contribution in [3.8, 4) is 17.2 Å². The van der Waals surface area contributed by atoms with Gasteiger partial charge in [-0.05, 0) is 43.2 Å². The normalized spacial score (nSPS) is 11.7. The monoisotopic (exact) mass is 409 g/mol. The maximum Gasteiger partial charge on any atom is 0.475 e. The summed E-state index contributed by atoms with van der Waals surface area (Å²) >= 11 is 0. The zero-order valence-corrected chi connectivity index (χ0v) is 16.7. The van der Waals surface area contributed by atoms with Gasteiger partial charge in [-0.15, -0.1) is 0 Å². The zero-order chi connectivity index (χ0) is 21.3. The molecule has 30 heavy (non-hydrogen) atoms. The third kappa shape index (κ3) is 6.17. The van der Waals surface area contributed by atoms with Gasteiger partial charge in [-0.3, -0.25) is 4.79 Å². The van der Waals surface area contributed by atoms with E-state index >= 15 is 0 Å². The van der Waals surface area contributed by atoms with Crippen molar-refractivity contribution < 1.29 is 24.1 Å². The molecule has 0 fully saturated rings. The van der Waals surface area contributed by atoms with Crippen LogP contribution in [-0.4, -0.2) is 45.8 Å². The summed E-state index contributed by atoms with van der Waals surface area (Å²) in [5.41, 5.74) is 1.63. The molecule has 0 aliphatic heterocycles. The van der Waals surface area contributed by atoms with Crippen LogP contribution in [0.3, 0.4) is 0 Å². The van der Waals surface area contributed by atoms with Crippen LogP contribution < -0.4 is 10.1 Å². The SMILES string of the molecule is CCOc1cccc(C[C@H](NC(=O)CCc2noc(-c3ccccc3)n2)B(O)O)c1. The Bertz CT molecular complexity index is 949. The molecule has 1 aromatic heterocycles. The highest BCUT2D eigenvalue weighted by Gasteiger charge is 2.26. The number of hydrogen-bond acceptors (Lipinski definition) is 7. The van der Waals surface area contributed by atoms with E-state index in [4.69, 9.17) is 9.26 Å². The lowest BCUT2D eigenvalue weighted by Gasteiger charge is -2.18. The van der Waals surface area contributed by atoms with Crippen molar-refractivity contribution in [2.24, 2.45) is 0 Å². The van der Waals surface area contributed by atoms with E-state index in [1.54, 1.807) is 0 Å². The summed E-state index contributed by atoms with van der Waals surface area (Å²) in [5.74, 6) is 0.317. The van der Waals surface area contributed by atoms with Crippen LogP contribution in [0.4, 0.5) is 0 Å². The Labute approximate surface area is 175 Å². The summed E-state index contributed by atoms with van der Waals surface area (Å²) in [7, 11) is -1.69. The molecule has 0 spiro atoms. The molecule has 0 aliphatic rings. The van der Waals surface area contributed by atoms with E-state index < -0.39 is 13.1 Å². The van der Waals surface area contributed by atoms with Crippen LogP contribution in [-0.2, 0) is 17.6 Å². The predicted molar refractivity (Wildman–Crippen MR) is 111 cm³/mol. The average Bonchev–Trinajstić information content (AvgIpc) is 3.22. The minimum absolute atomic E-state index is 0.0932. The molecule has 8 nitrogen and oxygen atoms in total. The number of nitrogens with one attached hydrogen (secondary N) is 1. The molecule has 0 aliphatic carbocycles. The van der Waals surface area contributed by atoms with Crippen molar-refractivity contribution in [1.29, 1.82) is 0 Å². The van der Waals surface area contributed by atoms with Gasteiger partial charge in [-0.1, -0.05) is 35.5 Å². The molecular weight excluding hydrogens is 385 g/mol. The van der Waals surface area contributed by atoms with Gasteiger partial charge in [0.2, 0.25) is 5.91 Å². The van der Waals surface area contributed by atoms with Gasteiger partial charge in [0.15, 0.2) is 5.82 Å². The highest BCUT2D eigenvalue weighted by Crippen LogP contribution is 2.17. The topological polar surface area (TPSA) is 118 Å². The van der Waals surface area contributed by atoms with Gasteiger partial charge in [0.05, 0.1) is 12.5 Å². The van der Waals surface area contributed by atoms with Gasteiger partial charge in [0.25, 0.3) is 5.89 Å². The largest absolute Gasteiger partial charge is 0.494 e. The minimum atomic E-state index is -1.69. The Kier molecular flexibility index (Phi) is 7.59. The number of carbonyl (C=O) groups excluding carboxylic acids is 1. The van der Waals surface area contributed by atoms with Crippen LogP contribution in [0.2, 0.25) is 0 Å². The van der Waals surface area contributed by atoms with Crippen LogP contribution >= 0.6 is 0 Å². The number of hydrogen-bond donors (Lipinski definition) is 3. The molecular formula is C21H24BN3O5. The van der Waals surface area contributed by atoms with Crippen LogP contribution in [0.1, 0.15) is 24.7 Å². The van der Waals surface area contributed by atoms with Gasteiger partial charge < -0.3 is 24.6 Å². The fourth-order valence-corrected chi connectivity index (χ4v) is 2.97. The molecule has 2 aromatic carbocycles. The molecule has 1 amide bonds. The van der Waals surface area contributed by atoms with Crippen molar-refractivity contribution in [2.75, 3.05) is 6.61 Å². The van der Waals surface area contributed by atoms with Crippen LogP contribution in [0, 0.1) is 0 Å². The van der Waals surface area contributed by atoms with Crippen molar-refractivity contribution in [3.05, 3.63) is 66.0 Å². The maximum atomic E-state index is 12.3. The average molecular weight is 409 g/mol. The standard InChI is InChI=1S/C21H24BN3O5/c1-2-29-17-10-6-7-15(13-17)14-18(22(27)28)23-20(26)12-11-19-24-21(30-25-19)16-8-4-3-5-9-16/h3-10,13,18,27-28H,2,11-12,14H2,1H3,(H,23,26)/t18-/m0/s1. The quantitative estimate of drug-likeness (QED) is 0.437. The second-order valence-corrected chi connectivity index (χ2v) is 6.75. The maximum absolute atomic E-state index is 12.3. The molecule has 0 bridgehead atoms. The van der Waals surface area contributed by atoms with Gasteiger partial charge in [-0.25, -0.2) is 0 Å². The molecule has 3 rings (SSSR count). The number of aromatic nitrogens is 2. The third-order valence-electron chi connectivity index (χ3n) is 4.44. The lowest BCUT2D eigenvalue weighted by Crippen LogP contribution is -2.48.